The average Bonchev–Trinajstić information content (AvgIpc) is 3.55. The van der Waals surface area contributed by atoms with Crippen LogP contribution in [0.5, 0.6) is 11.5 Å². The van der Waals surface area contributed by atoms with Crippen molar-refractivity contribution in [1.29, 1.82) is 0 Å². The number of aromatic nitrogens is 1. The number of hydrogen-bond acceptors (Lipinski definition) is 7. The Hall–Kier alpha value is -5.48. The Labute approximate surface area is 252 Å². The molecule has 216 valence electrons. The van der Waals surface area contributed by atoms with Gasteiger partial charge in [0.05, 0.1) is 23.4 Å². The van der Waals surface area contributed by atoms with E-state index in [2.05, 4.69) is 15.8 Å². The number of hydrazine groups is 1. The predicted octanol–water partition coefficient (Wildman–Crippen LogP) is 6.16. The number of carbonyl (C=O) groups is 3. The van der Waals surface area contributed by atoms with Crippen LogP contribution in [-0.4, -0.2) is 29.8 Å². The van der Waals surface area contributed by atoms with Gasteiger partial charge < -0.3 is 9.47 Å². The largest absolute Gasteiger partial charge is 0.493 e. The third-order valence-electron chi connectivity index (χ3n) is 6.31. The third kappa shape index (κ3) is 7.06. The highest BCUT2D eigenvalue weighted by molar-refractivity contribution is 7.13. The van der Waals surface area contributed by atoms with Gasteiger partial charge in [-0.15, -0.1) is 11.3 Å². The van der Waals surface area contributed by atoms with E-state index >= 15 is 0 Å². The van der Waals surface area contributed by atoms with Crippen LogP contribution in [0.15, 0.2) is 109 Å². The summed E-state index contributed by atoms with van der Waals surface area (Å²) in [5.41, 5.74) is 8.15. The van der Waals surface area contributed by atoms with Gasteiger partial charge in [-0.3, -0.25) is 30.1 Å². The van der Waals surface area contributed by atoms with Crippen LogP contribution >= 0.6 is 11.3 Å². The Balaban J connectivity index is 1.26. The minimum absolute atomic E-state index is 0.142. The highest BCUT2D eigenvalue weighted by Gasteiger charge is 2.19. The quantitative estimate of drug-likeness (QED) is 0.141. The number of benzene rings is 4. The second-order valence-corrected chi connectivity index (χ2v) is 10.00. The number of ether oxygens (including phenoxy) is 2. The number of nitrogens with one attached hydrogen (secondary N) is 2. The van der Waals surface area contributed by atoms with Gasteiger partial charge in [0, 0.05) is 17.1 Å². The van der Waals surface area contributed by atoms with Crippen molar-refractivity contribution < 1.29 is 23.9 Å². The van der Waals surface area contributed by atoms with Gasteiger partial charge in [-0.05, 0) is 48.9 Å². The van der Waals surface area contributed by atoms with Crippen LogP contribution in [0.4, 0.5) is 11.4 Å². The van der Waals surface area contributed by atoms with Crippen molar-refractivity contribution in [3.8, 4) is 22.1 Å². The molecule has 1 aromatic heterocycles. The van der Waals surface area contributed by atoms with Crippen LogP contribution in [0, 0.1) is 0 Å². The zero-order valence-corrected chi connectivity index (χ0v) is 24.0. The summed E-state index contributed by atoms with van der Waals surface area (Å²) in [6, 6.07) is 31.2. The van der Waals surface area contributed by atoms with Crippen LogP contribution in [0.2, 0.25) is 0 Å². The molecular formula is C33H28N4O5S. The van der Waals surface area contributed by atoms with Gasteiger partial charge in [0.1, 0.15) is 28.8 Å². The van der Waals surface area contributed by atoms with Gasteiger partial charge in [0.15, 0.2) is 0 Å². The van der Waals surface area contributed by atoms with E-state index in [9.17, 15) is 14.4 Å². The maximum Gasteiger partial charge on any atom is 0.289 e. The molecule has 0 unspecified atom stereocenters. The summed E-state index contributed by atoms with van der Waals surface area (Å²) >= 11 is 1.29. The van der Waals surface area contributed by atoms with Crippen molar-refractivity contribution >= 4 is 40.9 Å². The number of anilines is 2. The molecular weight excluding hydrogens is 564 g/mol. The molecule has 0 saturated heterocycles. The standard InChI is InChI=1S/C33H28N4O5S/c1-2-41-30-19-25(37(22-38)24-13-7-4-8-14-24)17-18-26(30)31(39)35-36-32(40)28-21-43-33(34-28)27-15-9-10-16-29(27)42-20-23-11-5-3-6-12-23/h3-19,21-22H,2,20H2,1H3,(H,35,39)(H,36,40). The molecule has 2 N–H and O–H groups in total. The normalized spacial score (nSPS) is 10.4. The minimum atomic E-state index is -0.587. The lowest BCUT2D eigenvalue weighted by atomic mass is 10.1. The molecule has 0 aliphatic carbocycles. The Morgan fingerprint density at radius 3 is 2.26 bits per heavy atom. The van der Waals surface area contributed by atoms with Gasteiger partial charge in [-0.25, -0.2) is 4.98 Å². The van der Waals surface area contributed by atoms with E-state index in [1.165, 1.54) is 22.3 Å². The van der Waals surface area contributed by atoms with Gasteiger partial charge in [-0.2, -0.15) is 0 Å². The molecule has 0 radical (unpaired) electrons. The Bertz CT molecular complexity index is 1710. The minimum Gasteiger partial charge on any atom is -0.493 e. The molecule has 5 aromatic rings. The van der Waals surface area contributed by atoms with E-state index in [0.29, 0.717) is 41.8 Å². The van der Waals surface area contributed by atoms with Crippen LogP contribution < -0.4 is 25.2 Å². The number of para-hydroxylation sites is 2. The summed E-state index contributed by atoms with van der Waals surface area (Å²) in [5.74, 6) is -0.258. The summed E-state index contributed by atoms with van der Waals surface area (Å²) in [4.78, 5) is 43.7. The van der Waals surface area contributed by atoms with E-state index in [0.717, 1.165) is 11.1 Å². The first-order valence-electron chi connectivity index (χ1n) is 13.5. The van der Waals surface area contributed by atoms with Crippen molar-refractivity contribution in [3.63, 3.8) is 0 Å². The zero-order valence-electron chi connectivity index (χ0n) is 23.2. The number of carbonyl (C=O) groups excluding carboxylic acids is 3. The fourth-order valence-electron chi connectivity index (χ4n) is 4.23. The molecule has 0 bridgehead atoms. The third-order valence-corrected chi connectivity index (χ3v) is 7.18. The molecule has 0 aliphatic rings. The lowest BCUT2D eigenvalue weighted by Crippen LogP contribution is -2.41. The molecule has 0 saturated carbocycles. The van der Waals surface area contributed by atoms with Gasteiger partial charge >= 0.3 is 0 Å². The summed E-state index contributed by atoms with van der Waals surface area (Å²) in [6.45, 7) is 2.48. The Morgan fingerprint density at radius 2 is 1.51 bits per heavy atom. The van der Waals surface area contributed by atoms with Gasteiger partial charge in [-0.1, -0.05) is 60.7 Å². The van der Waals surface area contributed by atoms with E-state index in [1.54, 1.807) is 36.6 Å². The van der Waals surface area contributed by atoms with Crippen molar-refractivity contribution in [2.45, 2.75) is 13.5 Å². The molecule has 1 heterocycles. The maximum absolute atomic E-state index is 13.0. The fraction of sp³-hybridized carbons (Fsp3) is 0.0909. The fourth-order valence-corrected chi connectivity index (χ4v) is 5.06. The first-order chi connectivity index (χ1) is 21.1. The lowest BCUT2D eigenvalue weighted by Gasteiger charge is -2.19. The SMILES string of the molecule is CCOc1cc(N(C=O)c2ccccc2)ccc1C(=O)NNC(=O)c1csc(-c2ccccc2OCc2ccccc2)n1. The lowest BCUT2D eigenvalue weighted by molar-refractivity contribution is -0.106. The van der Waals surface area contributed by atoms with Crippen LogP contribution in [0.25, 0.3) is 10.6 Å². The van der Waals surface area contributed by atoms with Crippen LogP contribution in [0.1, 0.15) is 33.3 Å². The first-order valence-corrected chi connectivity index (χ1v) is 14.3. The topological polar surface area (TPSA) is 110 Å². The van der Waals surface area contributed by atoms with E-state index < -0.39 is 11.8 Å². The molecule has 9 nitrogen and oxygen atoms in total. The molecule has 0 spiro atoms. The second kappa shape index (κ2) is 13.9. The number of amides is 3. The van der Waals surface area contributed by atoms with E-state index in [1.807, 2.05) is 72.8 Å². The van der Waals surface area contributed by atoms with Crippen molar-refractivity contribution in [1.82, 2.24) is 15.8 Å². The number of nitrogens with zero attached hydrogens (tertiary/aromatic N) is 2. The highest BCUT2D eigenvalue weighted by atomic mass is 32.1. The summed E-state index contributed by atoms with van der Waals surface area (Å²) in [7, 11) is 0. The maximum atomic E-state index is 13.0. The van der Waals surface area contributed by atoms with E-state index in [-0.39, 0.29) is 17.0 Å². The number of hydrogen-bond donors (Lipinski definition) is 2. The molecule has 43 heavy (non-hydrogen) atoms. The average molecular weight is 593 g/mol. The number of rotatable bonds is 11. The second-order valence-electron chi connectivity index (χ2n) is 9.14. The summed E-state index contributed by atoms with van der Waals surface area (Å²) in [6.07, 6.45) is 0.691. The molecule has 3 amide bonds. The molecule has 0 atom stereocenters. The molecule has 4 aromatic carbocycles. The van der Waals surface area contributed by atoms with Gasteiger partial charge in [0.25, 0.3) is 11.8 Å². The highest BCUT2D eigenvalue weighted by Crippen LogP contribution is 2.33. The predicted molar refractivity (Wildman–Crippen MR) is 166 cm³/mol. The zero-order chi connectivity index (χ0) is 30.0. The molecule has 5 rings (SSSR count). The smallest absolute Gasteiger partial charge is 0.289 e. The Morgan fingerprint density at radius 1 is 0.814 bits per heavy atom. The van der Waals surface area contributed by atoms with Crippen LogP contribution in [-0.2, 0) is 11.4 Å². The van der Waals surface area contributed by atoms with Gasteiger partial charge in [0.2, 0.25) is 6.41 Å². The summed E-state index contributed by atoms with van der Waals surface area (Å²) < 4.78 is 11.7. The van der Waals surface area contributed by atoms with Crippen molar-refractivity contribution in [3.05, 3.63) is 125 Å². The molecule has 0 fully saturated rings. The first kappa shape index (κ1) is 29.0. The molecule has 10 heteroatoms. The molecule has 0 aliphatic heterocycles. The summed E-state index contributed by atoms with van der Waals surface area (Å²) in [5, 5.41) is 2.22. The number of thiazole rings is 1. The van der Waals surface area contributed by atoms with Crippen molar-refractivity contribution in [2.75, 3.05) is 11.5 Å². The Kier molecular flexibility index (Phi) is 9.40. The van der Waals surface area contributed by atoms with E-state index in [4.69, 9.17) is 9.47 Å². The van der Waals surface area contributed by atoms with Crippen molar-refractivity contribution in [2.24, 2.45) is 0 Å². The van der Waals surface area contributed by atoms with Crippen LogP contribution in [0.3, 0.4) is 0 Å². The monoisotopic (exact) mass is 592 g/mol.